The molecular weight excluding hydrogens is 565 g/mol. The third-order valence-corrected chi connectivity index (χ3v) is 9.50. The third kappa shape index (κ3) is 8.41. The van der Waals surface area contributed by atoms with Gasteiger partial charge in [0.2, 0.25) is 0 Å². The van der Waals surface area contributed by atoms with Crippen LogP contribution in [0.1, 0.15) is 86.4 Å². The number of aryl methyl sites for hydroxylation is 2. The van der Waals surface area contributed by atoms with Crippen LogP contribution in [0.15, 0.2) is 97.1 Å². The summed E-state index contributed by atoms with van der Waals surface area (Å²) in [6, 6.07) is 30.7. The molecule has 0 spiro atoms. The van der Waals surface area contributed by atoms with Crippen molar-refractivity contribution in [3.63, 3.8) is 0 Å². The van der Waals surface area contributed by atoms with E-state index >= 15 is 0 Å². The van der Waals surface area contributed by atoms with Crippen LogP contribution in [0.25, 0.3) is 5.57 Å². The van der Waals surface area contributed by atoms with Crippen LogP contribution >= 0.6 is 0 Å². The first-order valence-electron chi connectivity index (χ1n) is 17.0. The Morgan fingerprint density at radius 1 is 0.848 bits per heavy atom. The number of anilines is 1. The van der Waals surface area contributed by atoms with Gasteiger partial charge in [-0.15, -0.1) is 0 Å². The van der Waals surface area contributed by atoms with Gasteiger partial charge in [0, 0.05) is 35.9 Å². The molecule has 1 aliphatic heterocycles. The average molecular weight is 618 g/mol. The molecular formula is C42H52FN3. The molecule has 1 atom stereocenters. The summed E-state index contributed by atoms with van der Waals surface area (Å²) in [5, 5.41) is 9.04. The lowest BCUT2D eigenvalue weighted by atomic mass is 9.88. The summed E-state index contributed by atoms with van der Waals surface area (Å²) in [6.07, 6.45) is 4.40. The number of benzene rings is 4. The molecule has 4 heteroatoms. The molecule has 1 aliphatic rings. The number of hydrogen-bond donors (Lipinski definition) is 1. The number of para-hydroxylation sites is 1. The van der Waals surface area contributed by atoms with Crippen molar-refractivity contribution >= 4 is 17.0 Å². The number of piperidine rings is 1. The summed E-state index contributed by atoms with van der Waals surface area (Å²) in [5.74, 6) is 0.373. The first-order valence-corrected chi connectivity index (χ1v) is 17.0. The molecule has 1 fully saturated rings. The van der Waals surface area contributed by atoms with Gasteiger partial charge in [-0.2, -0.15) is 0 Å². The number of hydrogen-bond acceptors (Lipinski definition) is 3. The van der Waals surface area contributed by atoms with Crippen LogP contribution in [0, 0.1) is 31.0 Å². The topological polar surface area (TPSA) is 30.3 Å². The summed E-state index contributed by atoms with van der Waals surface area (Å²) in [6.45, 7) is 18.5. The summed E-state index contributed by atoms with van der Waals surface area (Å²) in [4.78, 5) is 5.06. The van der Waals surface area contributed by atoms with E-state index in [1.165, 1.54) is 28.5 Å². The third-order valence-electron chi connectivity index (χ3n) is 9.50. The van der Waals surface area contributed by atoms with E-state index in [1.807, 2.05) is 44.2 Å². The predicted molar refractivity (Wildman–Crippen MR) is 195 cm³/mol. The molecule has 3 nitrogen and oxygen atoms in total. The van der Waals surface area contributed by atoms with Crippen LogP contribution in [0.4, 0.5) is 10.1 Å². The highest BCUT2D eigenvalue weighted by molar-refractivity contribution is 6.14. The Morgan fingerprint density at radius 3 is 2.17 bits per heavy atom. The van der Waals surface area contributed by atoms with E-state index < -0.39 is 0 Å². The van der Waals surface area contributed by atoms with Crippen molar-refractivity contribution < 1.29 is 4.39 Å². The number of likely N-dealkylation sites (tertiary alicyclic amines) is 1. The van der Waals surface area contributed by atoms with Gasteiger partial charge in [0.15, 0.2) is 0 Å². The van der Waals surface area contributed by atoms with Gasteiger partial charge in [-0.3, -0.25) is 10.3 Å². The molecule has 1 N–H and O–H groups in total. The zero-order valence-corrected chi connectivity index (χ0v) is 28.9. The van der Waals surface area contributed by atoms with Crippen molar-refractivity contribution in [2.24, 2.45) is 5.92 Å². The molecule has 4 aromatic rings. The highest BCUT2D eigenvalue weighted by atomic mass is 19.1. The van der Waals surface area contributed by atoms with E-state index in [9.17, 15) is 4.39 Å². The molecule has 0 amide bonds. The fourth-order valence-corrected chi connectivity index (χ4v) is 6.66. The Labute approximate surface area is 277 Å². The number of allylic oxidation sites excluding steroid dienone is 2. The minimum absolute atomic E-state index is 0.180. The van der Waals surface area contributed by atoms with Gasteiger partial charge in [0.1, 0.15) is 5.82 Å². The van der Waals surface area contributed by atoms with E-state index in [2.05, 4.69) is 99.0 Å². The number of nitrogens with zero attached hydrogens (tertiary/aromatic N) is 2. The van der Waals surface area contributed by atoms with Crippen LogP contribution in [-0.2, 0) is 13.1 Å². The second-order valence-corrected chi connectivity index (χ2v) is 12.4. The van der Waals surface area contributed by atoms with Gasteiger partial charge in [0.25, 0.3) is 0 Å². The Kier molecular flexibility index (Phi) is 12.5. The fraction of sp³-hybridized carbons (Fsp3) is 0.357. The lowest BCUT2D eigenvalue weighted by Crippen LogP contribution is -2.44. The van der Waals surface area contributed by atoms with Gasteiger partial charge >= 0.3 is 0 Å². The lowest BCUT2D eigenvalue weighted by molar-refractivity contribution is 0.163. The van der Waals surface area contributed by atoms with Crippen LogP contribution in [0.5, 0.6) is 0 Å². The Balaban J connectivity index is 0.00000235. The normalized spacial score (nSPS) is 14.7. The van der Waals surface area contributed by atoms with Crippen molar-refractivity contribution in [3.8, 4) is 0 Å². The summed E-state index contributed by atoms with van der Waals surface area (Å²) >= 11 is 0. The zero-order chi connectivity index (χ0) is 33.2. The molecule has 46 heavy (non-hydrogen) atoms. The minimum atomic E-state index is -0.180. The number of nitrogens with one attached hydrogen (secondary N) is 1. The second-order valence-electron chi connectivity index (χ2n) is 12.4. The summed E-state index contributed by atoms with van der Waals surface area (Å²) in [7, 11) is 0. The fourth-order valence-electron chi connectivity index (χ4n) is 6.66. The van der Waals surface area contributed by atoms with Gasteiger partial charge in [0.05, 0.1) is 5.71 Å². The van der Waals surface area contributed by atoms with E-state index in [0.717, 1.165) is 60.3 Å². The quantitative estimate of drug-likeness (QED) is 0.179. The zero-order valence-electron chi connectivity index (χ0n) is 28.9. The van der Waals surface area contributed by atoms with Gasteiger partial charge in [-0.1, -0.05) is 86.7 Å². The van der Waals surface area contributed by atoms with E-state index in [-0.39, 0.29) is 5.82 Å². The van der Waals surface area contributed by atoms with Crippen molar-refractivity contribution in [1.82, 2.24) is 4.90 Å². The van der Waals surface area contributed by atoms with E-state index in [0.29, 0.717) is 24.2 Å². The molecule has 1 heterocycles. The lowest BCUT2D eigenvalue weighted by Gasteiger charge is -2.41. The molecule has 1 unspecified atom stereocenters. The predicted octanol–water partition coefficient (Wildman–Crippen LogP) is 10.6. The van der Waals surface area contributed by atoms with Crippen LogP contribution < -0.4 is 4.90 Å². The van der Waals surface area contributed by atoms with Gasteiger partial charge in [-0.25, -0.2) is 4.39 Å². The second kappa shape index (κ2) is 16.5. The summed E-state index contributed by atoms with van der Waals surface area (Å²) in [5.41, 5.74) is 10.8. The molecule has 0 aliphatic carbocycles. The van der Waals surface area contributed by atoms with Crippen LogP contribution in [0.2, 0.25) is 0 Å². The monoisotopic (exact) mass is 617 g/mol. The maximum atomic E-state index is 14.1. The van der Waals surface area contributed by atoms with Crippen LogP contribution in [-0.4, -0.2) is 29.7 Å². The van der Waals surface area contributed by atoms with Crippen molar-refractivity contribution in [1.29, 1.82) is 5.41 Å². The molecule has 0 bridgehead atoms. The standard InChI is InChI=1S/C40H46FN3.C2H6/c1-6-28(2)38-25-33(18-19-37(38)40(42)36-16-9-7-12-29(36)3)26-43-22-20-34(21-23-43)31(5)44(39-17-10-8-13-30(39)4)27-32-14-11-15-35(41)24-32;1-2/h6-19,24-25,31,34,42H,20-23,26-27H2,1-5H3;1-2H3/b28-6+,42-40?;. The number of rotatable bonds is 10. The van der Waals surface area contributed by atoms with E-state index in [1.54, 1.807) is 6.07 Å². The number of halogens is 1. The molecule has 5 rings (SSSR count). The first kappa shape index (κ1) is 34.8. The summed E-state index contributed by atoms with van der Waals surface area (Å²) < 4.78 is 14.1. The largest absolute Gasteiger partial charge is 0.364 e. The van der Waals surface area contributed by atoms with Gasteiger partial charge < -0.3 is 4.90 Å². The molecule has 4 aromatic carbocycles. The average Bonchev–Trinajstić information content (AvgIpc) is 3.08. The Morgan fingerprint density at radius 2 is 1.52 bits per heavy atom. The van der Waals surface area contributed by atoms with Crippen molar-refractivity contribution in [3.05, 3.63) is 142 Å². The molecule has 1 saturated heterocycles. The Hall–Kier alpha value is -4.02. The van der Waals surface area contributed by atoms with Crippen LogP contribution in [0.3, 0.4) is 0 Å². The maximum Gasteiger partial charge on any atom is 0.123 e. The smallest absolute Gasteiger partial charge is 0.123 e. The molecule has 0 aromatic heterocycles. The Bertz CT molecular complexity index is 1630. The van der Waals surface area contributed by atoms with Crippen molar-refractivity contribution in [2.45, 2.75) is 80.4 Å². The highest BCUT2D eigenvalue weighted by Gasteiger charge is 2.29. The highest BCUT2D eigenvalue weighted by Crippen LogP contribution is 2.32. The molecule has 0 radical (unpaired) electrons. The SMILES string of the molecule is C/C=C(\C)c1cc(CN2CCC(C(C)N(Cc3cccc(F)c3)c3ccccc3C)CC2)ccc1C(=N)c1ccccc1C.CC. The van der Waals surface area contributed by atoms with E-state index in [4.69, 9.17) is 5.41 Å². The first-order chi connectivity index (χ1) is 22.2. The molecule has 0 saturated carbocycles. The minimum Gasteiger partial charge on any atom is -0.364 e. The van der Waals surface area contributed by atoms with Crippen molar-refractivity contribution in [2.75, 3.05) is 18.0 Å². The van der Waals surface area contributed by atoms with Gasteiger partial charge in [-0.05, 0) is 124 Å². The maximum absolute atomic E-state index is 14.1. The molecule has 242 valence electrons.